The maximum Gasteiger partial charge on any atom is 0.292 e. The predicted molar refractivity (Wildman–Crippen MR) is 76.0 cm³/mol. The first kappa shape index (κ1) is 14.7. The summed E-state index contributed by atoms with van der Waals surface area (Å²) in [5.41, 5.74) is 1.20. The van der Waals surface area contributed by atoms with Crippen molar-refractivity contribution in [2.45, 2.75) is 32.5 Å². The Bertz CT molecular complexity index is 490. The highest BCUT2D eigenvalue weighted by Crippen LogP contribution is 2.32. The van der Waals surface area contributed by atoms with E-state index in [1.165, 1.54) is 6.07 Å². The zero-order valence-electron chi connectivity index (χ0n) is 11.8. The number of benzene rings is 1. The SMILES string of the molecule is CCC1CN(c2ccc(C(C)O)cc2[N+](=O)[O-])CCO1. The van der Waals surface area contributed by atoms with Crippen molar-refractivity contribution < 1.29 is 14.8 Å². The third-order valence-electron chi connectivity index (χ3n) is 3.61. The Labute approximate surface area is 118 Å². The van der Waals surface area contributed by atoms with Crippen molar-refractivity contribution in [1.82, 2.24) is 0 Å². The standard InChI is InChI=1S/C14H20N2O4/c1-3-12-9-15(6-7-20-12)13-5-4-11(10(2)17)8-14(13)16(18)19/h4-5,8,10,12,17H,3,6-7,9H2,1-2H3. The third kappa shape index (κ3) is 3.08. The van der Waals surface area contributed by atoms with Gasteiger partial charge in [-0.25, -0.2) is 0 Å². The number of nitrogens with zero attached hydrogens (tertiary/aromatic N) is 2. The number of morpholine rings is 1. The zero-order valence-corrected chi connectivity index (χ0v) is 11.8. The van der Waals surface area contributed by atoms with Crippen LogP contribution >= 0.6 is 0 Å². The highest BCUT2D eigenvalue weighted by molar-refractivity contribution is 5.64. The highest BCUT2D eigenvalue weighted by atomic mass is 16.6. The van der Waals surface area contributed by atoms with Crippen LogP contribution < -0.4 is 4.90 Å². The second-order valence-electron chi connectivity index (χ2n) is 5.03. The fourth-order valence-electron chi connectivity index (χ4n) is 2.40. The molecule has 1 aliphatic rings. The van der Waals surface area contributed by atoms with Crippen molar-refractivity contribution in [1.29, 1.82) is 0 Å². The summed E-state index contributed by atoms with van der Waals surface area (Å²) in [7, 11) is 0. The number of nitro groups is 1. The number of rotatable bonds is 4. The molecular formula is C14H20N2O4. The van der Waals surface area contributed by atoms with Crippen molar-refractivity contribution >= 4 is 11.4 Å². The monoisotopic (exact) mass is 280 g/mol. The molecule has 2 unspecified atom stereocenters. The number of anilines is 1. The highest BCUT2D eigenvalue weighted by Gasteiger charge is 2.25. The Balaban J connectivity index is 2.32. The van der Waals surface area contributed by atoms with Crippen LogP contribution in [0.3, 0.4) is 0 Å². The molecule has 6 nitrogen and oxygen atoms in total. The molecule has 0 aromatic heterocycles. The van der Waals surface area contributed by atoms with Gasteiger partial charge in [-0.15, -0.1) is 0 Å². The van der Waals surface area contributed by atoms with E-state index in [1.54, 1.807) is 19.1 Å². The van der Waals surface area contributed by atoms with Crippen LogP contribution in [-0.4, -0.2) is 35.8 Å². The van der Waals surface area contributed by atoms with E-state index in [-0.39, 0.29) is 11.8 Å². The molecule has 1 heterocycles. The van der Waals surface area contributed by atoms with Gasteiger partial charge in [0, 0.05) is 19.2 Å². The van der Waals surface area contributed by atoms with Crippen molar-refractivity contribution in [3.05, 3.63) is 33.9 Å². The van der Waals surface area contributed by atoms with E-state index < -0.39 is 11.0 Å². The van der Waals surface area contributed by atoms with Crippen molar-refractivity contribution in [2.24, 2.45) is 0 Å². The molecule has 2 atom stereocenters. The fourth-order valence-corrected chi connectivity index (χ4v) is 2.40. The smallest absolute Gasteiger partial charge is 0.292 e. The van der Waals surface area contributed by atoms with Gasteiger partial charge in [0.05, 0.1) is 23.7 Å². The van der Waals surface area contributed by atoms with Crippen LogP contribution in [0.1, 0.15) is 31.9 Å². The number of aliphatic hydroxyl groups excluding tert-OH is 1. The van der Waals surface area contributed by atoms with Crippen molar-refractivity contribution in [3.8, 4) is 0 Å². The summed E-state index contributed by atoms with van der Waals surface area (Å²) in [5.74, 6) is 0. The van der Waals surface area contributed by atoms with Gasteiger partial charge in [0.2, 0.25) is 0 Å². The van der Waals surface area contributed by atoms with Gasteiger partial charge >= 0.3 is 0 Å². The normalized spacial score (nSPS) is 20.8. The first-order chi connectivity index (χ1) is 9.52. The lowest BCUT2D eigenvalue weighted by Gasteiger charge is -2.33. The molecule has 0 radical (unpaired) electrons. The molecule has 110 valence electrons. The van der Waals surface area contributed by atoms with E-state index in [0.717, 1.165) is 6.42 Å². The lowest BCUT2D eigenvalue weighted by molar-refractivity contribution is -0.384. The quantitative estimate of drug-likeness (QED) is 0.676. The molecule has 0 amide bonds. The Morgan fingerprint density at radius 2 is 2.35 bits per heavy atom. The number of aliphatic hydroxyl groups is 1. The second-order valence-corrected chi connectivity index (χ2v) is 5.03. The Morgan fingerprint density at radius 3 is 2.95 bits per heavy atom. The van der Waals surface area contributed by atoms with Crippen LogP contribution in [0.25, 0.3) is 0 Å². The van der Waals surface area contributed by atoms with E-state index in [9.17, 15) is 15.2 Å². The number of ether oxygens (including phenoxy) is 1. The third-order valence-corrected chi connectivity index (χ3v) is 3.61. The summed E-state index contributed by atoms with van der Waals surface area (Å²) in [4.78, 5) is 12.9. The molecule has 0 saturated carbocycles. The minimum atomic E-state index is -0.712. The van der Waals surface area contributed by atoms with Crippen LogP contribution in [0.15, 0.2) is 18.2 Å². The number of nitro benzene ring substituents is 1. The molecule has 1 N–H and O–H groups in total. The summed E-state index contributed by atoms with van der Waals surface area (Å²) in [6, 6.07) is 4.91. The first-order valence-electron chi connectivity index (χ1n) is 6.86. The molecule has 6 heteroatoms. The minimum absolute atomic E-state index is 0.0418. The van der Waals surface area contributed by atoms with Crippen LogP contribution in [0.4, 0.5) is 11.4 Å². The van der Waals surface area contributed by atoms with E-state index in [0.29, 0.717) is 30.9 Å². The topological polar surface area (TPSA) is 75.8 Å². The molecule has 0 spiro atoms. The molecule has 1 aliphatic heterocycles. The first-order valence-corrected chi connectivity index (χ1v) is 6.86. The maximum absolute atomic E-state index is 11.3. The minimum Gasteiger partial charge on any atom is -0.389 e. The summed E-state index contributed by atoms with van der Waals surface area (Å²) in [6.45, 7) is 5.52. The van der Waals surface area contributed by atoms with Crippen LogP contribution in [-0.2, 0) is 4.74 Å². The Kier molecular flexibility index (Phi) is 4.57. The number of hydrogen-bond acceptors (Lipinski definition) is 5. The molecular weight excluding hydrogens is 260 g/mol. The molecule has 20 heavy (non-hydrogen) atoms. The second kappa shape index (κ2) is 6.19. The average Bonchev–Trinajstić information content (AvgIpc) is 2.46. The summed E-state index contributed by atoms with van der Waals surface area (Å²) in [5, 5.41) is 20.8. The van der Waals surface area contributed by atoms with Crippen molar-refractivity contribution in [2.75, 3.05) is 24.6 Å². The van der Waals surface area contributed by atoms with Crippen LogP contribution in [0, 0.1) is 10.1 Å². The lowest BCUT2D eigenvalue weighted by atomic mass is 10.1. The Hall–Kier alpha value is -1.66. The van der Waals surface area contributed by atoms with Gasteiger partial charge in [0.25, 0.3) is 5.69 Å². The zero-order chi connectivity index (χ0) is 14.7. The molecule has 0 aliphatic carbocycles. The summed E-state index contributed by atoms with van der Waals surface area (Å²) < 4.78 is 5.59. The maximum atomic E-state index is 11.3. The van der Waals surface area contributed by atoms with Crippen molar-refractivity contribution in [3.63, 3.8) is 0 Å². The molecule has 1 aromatic carbocycles. The molecule has 1 aromatic rings. The van der Waals surface area contributed by atoms with Gasteiger partial charge < -0.3 is 14.7 Å². The largest absolute Gasteiger partial charge is 0.389 e. The Morgan fingerprint density at radius 1 is 1.60 bits per heavy atom. The van der Waals surface area contributed by atoms with E-state index in [1.807, 2.05) is 11.8 Å². The van der Waals surface area contributed by atoms with Gasteiger partial charge in [-0.2, -0.15) is 0 Å². The van der Waals surface area contributed by atoms with Gasteiger partial charge in [0.1, 0.15) is 5.69 Å². The van der Waals surface area contributed by atoms with Gasteiger partial charge in [-0.3, -0.25) is 10.1 Å². The van der Waals surface area contributed by atoms with Crippen LogP contribution in [0.5, 0.6) is 0 Å². The fraction of sp³-hybridized carbons (Fsp3) is 0.571. The van der Waals surface area contributed by atoms with E-state index in [4.69, 9.17) is 4.74 Å². The molecule has 2 rings (SSSR count). The summed E-state index contributed by atoms with van der Waals surface area (Å²) in [6.07, 6.45) is 0.284. The van der Waals surface area contributed by atoms with E-state index >= 15 is 0 Å². The van der Waals surface area contributed by atoms with Gasteiger partial charge in [-0.1, -0.05) is 13.0 Å². The van der Waals surface area contributed by atoms with Gasteiger partial charge in [0.15, 0.2) is 0 Å². The van der Waals surface area contributed by atoms with E-state index in [2.05, 4.69) is 0 Å². The average molecular weight is 280 g/mol. The molecule has 0 bridgehead atoms. The molecule has 1 fully saturated rings. The van der Waals surface area contributed by atoms with Gasteiger partial charge in [-0.05, 0) is 25.0 Å². The lowest BCUT2D eigenvalue weighted by Crippen LogP contribution is -2.42. The molecule has 1 saturated heterocycles. The van der Waals surface area contributed by atoms with Crippen LogP contribution in [0.2, 0.25) is 0 Å². The summed E-state index contributed by atoms with van der Waals surface area (Å²) >= 11 is 0. The predicted octanol–water partition coefficient (Wildman–Crippen LogP) is 2.26. The number of hydrogen-bond donors (Lipinski definition) is 1.